The van der Waals surface area contributed by atoms with Gasteiger partial charge in [-0.15, -0.1) is 0 Å². The number of hydrogen-bond acceptors (Lipinski definition) is 4. The van der Waals surface area contributed by atoms with Gasteiger partial charge < -0.3 is 5.11 Å². The standard InChI is InChI=1S/C9H19N2O3P/c10-11-6-4-8-15(14)7-3-1-2-5-9(12)13/h11H,1-8,10H2/p+1. The van der Waals surface area contributed by atoms with Gasteiger partial charge in [0, 0.05) is 19.4 Å². The van der Waals surface area contributed by atoms with Crippen molar-refractivity contribution in [3.8, 4) is 0 Å². The zero-order valence-corrected chi connectivity index (χ0v) is 9.84. The summed E-state index contributed by atoms with van der Waals surface area (Å²) < 4.78 is 11.4. The highest BCUT2D eigenvalue weighted by Gasteiger charge is 2.13. The SMILES string of the molecule is NNCCC[P+](=O)CCCCCC(=O)O. The molecule has 0 aliphatic heterocycles. The topological polar surface area (TPSA) is 92.4 Å². The van der Waals surface area contributed by atoms with E-state index in [1.54, 1.807) is 0 Å². The predicted octanol–water partition coefficient (Wildman–Crippen LogP) is 1.31. The number of hydrazine groups is 1. The third kappa shape index (κ3) is 11.4. The van der Waals surface area contributed by atoms with Crippen molar-refractivity contribution in [3.63, 3.8) is 0 Å². The lowest BCUT2D eigenvalue weighted by atomic mass is 10.2. The zero-order chi connectivity index (χ0) is 11.5. The summed E-state index contributed by atoms with van der Waals surface area (Å²) in [5.74, 6) is 4.33. The van der Waals surface area contributed by atoms with Crippen LogP contribution in [-0.2, 0) is 9.36 Å². The number of carboxylic acids is 1. The highest BCUT2D eigenvalue weighted by atomic mass is 31.1. The van der Waals surface area contributed by atoms with E-state index < -0.39 is 13.8 Å². The summed E-state index contributed by atoms with van der Waals surface area (Å²) in [6.07, 6.45) is 4.86. The number of aliphatic carboxylic acids is 1. The second-order valence-electron chi connectivity index (χ2n) is 3.44. The molecule has 0 rings (SSSR count). The van der Waals surface area contributed by atoms with E-state index >= 15 is 0 Å². The van der Waals surface area contributed by atoms with E-state index in [9.17, 15) is 9.36 Å². The summed E-state index contributed by atoms with van der Waals surface area (Å²) in [6, 6.07) is 0. The number of rotatable bonds is 10. The number of unbranched alkanes of at least 4 members (excludes halogenated alkanes) is 2. The number of nitrogens with one attached hydrogen (secondary N) is 1. The first-order chi connectivity index (χ1) is 7.16. The van der Waals surface area contributed by atoms with Crippen molar-refractivity contribution >= 4 is 13.8 Å². The minimum absolute atomic E-state index is 0.216. The van der Waals surface area contributed by atoms with Crippen LogP contribution in [0.15, 0.2) is 0 Å². The van der Waals surface area contributed by atoms with Crippen molar-refractivity contribution in [3.05, 3.63) is 0 Å². The van der Waals surface area contributed by atoms with Gasteiger partial charge >= 0.3 is 13.8 Å². The Morgan fingerprint density at radius 3 is 2.47 bits per heavy atom. The van der Waals surface area contributed by atoms with Crippen molar-refractivity contribution in [2.75, 3.05) is 18.9 Å². The quantitative estimate of drug-likeness (QED) is 0.230. The molecular formula is C9H20N2O3P+. The normalized spacial score (nSPS) is 11.4. The molecule has 15 heavy (non-hydrogen) atoms. The summed E-state index contributed by atoms with van der Waals surface area (Å²) >= 11 is 0. The Labute approximate surface area is 91.2 Å². The van der Waals surface area contributed by atoms with Gasteiger partial charge in [0.25, 0.3) is 0 Å². The molecule has 0 aromatic rings. The van der Waals surface area contributed by atoms with E-state index in [1.807, 2.05) is 0 Å². The molecule has 0 heterocycles. The second kappa shape index (κ2) is 10.0. The van der Waals surface area contributed by atoms with Gasteiger partial charge in [-0.3, -0.25) is 16.1 Å². The molecule has 0 aliphatic carbocycles. The fourth-order valence-corrected chi connectivity index (χ4v) is 2.52. The minimum Gasteiger partial charge on any atom is -0.481 e. The molecule has 5 nitrogen and oxygen atoms in total. The molecule has 1 unspecified atom stereocenters. The van der Waals surface area contributed by atoms with Gasteiger partial charge in [-0.1, -0.05) is 4.57 Å². The van der Waals surface area contributed by atoms with E-state index in [4.69, 9.17) is 10.9 Å². The Hall–Kier alpha value is -0.510. The summed E-state index contributed by atoms with van der Waals surface area (Å²) in [6.45, 7) is 0.695. The maximum absolute atomic E-state index is 11.4. The molecule has 0 saturated carbocycles. The molecule has 0 fully saturated rings. The molecule has 0 amide bonds. The van der Waals surface area contributed by atoms with E-state index in [1.165, 1.54) is 0 Å². The predicted molar refractivity (Wildman–Crippen MR) is 60.3 cm³/mol. The summed E-state index contributed by atoms with van der Waals surface area (Å²) in [4.78, 5) is 10.2. The Morgan fingerprint density at radius 2 is 1.87 bits per heavy atom. The van der Waals surface area contributed by atoms with Gasteiger partial charge in [-0.05, 0) is 19.3 Å². The Balaban J connectivity index is 3.20. The van der Waals surface area contributed by atoms with Crippen molar-refractivity contribution in [2.45, 2.75) is 32.1 Å². The van der Waals surface area contributed by atoms with Crippen molar-refractivity contribution in [2.24, 2.45) is 5.84 Å². The molecule has 1 atom stereocenters. The number of hydrogen-bond donors (Lipinski definition) is 3. The van der Waals surface area contributed by atoms with Gasteiger partial charge in [0.1, 0.15) is 12.3 Å². The maximum atomic E-state index is 11.4. The molecule has 0 bridgehead atoms. The van der Waals surface area contributed by atoms with Gasteiger partial charge in [0.05, 0.1) is 0 Å². The van der Waals surface area contributed by atoms with Crippen LogP contribution in [0.3, 0.4) is 0 Å². The molecular weight excluding hydrogens is 215 g/mol. The molecule has 0 radical (unpaired) electrons. The van der Waals surface area contributed by atoms with Crippen LogP contribution >= 0.6 is 7.80 Å². The van der Waals surface area contributed by atoms with Crippen LogP contribution in [0.1, 0.15) is 32.1 Å². The van der Waals surface area contributed by atoms with Gasteiger partial charge in [0.2, 0.25) is 0 Å². The van der Waals surface area contributed by atoms with Crippen LogP contribution in [0.4, 0.5) is 0 Å². The molecule has 0 aliphatic rings. The summed E-state index contributed by atoms with van der Waals surface area (Å²) in [5, 5.41) is 8.39. The lowest BCUT2D eigenvalue weighted by Crippen LogP contribution is -2.23. The van der Waals surface area contributed by atoms with Crippen LogP contribution in [0.5, 0.6) is 0 Å². The number of carboxylic acid groups (broad SMARTS) is 1. The number of nitrogens with two attached hydrogens (primary N) is 1. The summed E-state index contributed by atoms with van der Waals surface area (Å²) in [5.41, 5.74) is 2.52. The van der Waals surface area contributed by atoms with Crippen molar-refractivity contribution < 1.29 is 14.5 Å². The average molecular weight is 235 g/mol. The fraction of sp³-hybridized carbons (Fsp3) is 0.889. The van der Waals surface area contributed by atoms with Crippen molar-refractivity contribution in [1.82, 2.24) is 5.43 Å². The van der Waals surface area contributed by atoms with Crippen molar-refractivity contribution in [1.29, 1.82) is 0 Å². The Bertz CT molecular complexity index is 200. The van der Waals surface area contributed by atoms with Crippen LogP contribution in [0, 0.1) is 0 Å². The largest absolute Gasteiger partial charge is 0.481 e. The number of carbonyl (C=O) groups is 1. The van der Waals surface area contributed by atoms with E-state index in [0.29, 0.717) is 25.3 Å². The van der Waals surface area contributed by atoms with E-state index in [2.05, 4.69) is 5.43 Å². The van der Waals surface area contributed by atoms with Crippen LogP contribution in [0.25, 0.3) is 0 Å². The van der Waals surface area contributed by atoms with Crippen LogP contribution in [-0.4, -0.2) is 29.9 Å². The highest BCUT2D eigenvalue weighted by Crippen LogP contribution is 2.23. The minimum atomic E-state index is -1.12. The van der Waals surface area contributed by atoms with E-state index in [0.717, 1.165) is 19.3 Å². The van der Waals surface area contributed by atoms with Crippen LogP contribution < -0.4 is 11.3 Å². The maximum Gasteiger partial charge on any atom is 0.338 e. The summed E-state index contributed by atoms with van der Waals surface area (Å²) in [7, 11) is -1.12. The van der Waals surface area contributed by atoms with E-state index in [-0.39, 0.29) is 6.42 Å². The molecule has 0 saturated heterocycles. The highest BCUT2D eigenvalue weighted by molar-refractivity contribution is 7.44. The first-order valence-electron chi connectivity index (χ1n) is 5.24. The third-order valence-electron chi connectivity index (χ3n) is 2.03. The molecule has 6 heteroatoms. The molecule has 88 valence electrons. The fourth-order valence-electron chi connectivity index (χ4n) is 1.21. The first kappa shape index (κ1) is 14.5. The average Bonchev–Trinajstić information content (AvgIpc) is 2.17. The molecule has 4 N–H and O–H groups in total. The lowest BCUT2D eigenvalue weighted by molar-refractivity contribution is -0.137. The van der Waals surface area contributed by atoms with Gasteiger partial charge in [-0.25, -0.2) is 0 Å². The van der Waals surface area contributed by atoms with Gasteiger partial charge in [0.15, 0.2) is 0 Å². The first-order valence-corrected chi connectivity index (χ1v) is 6.87. The third-order valence-corrected chi connectivity index (χ3v) is 3.66. The Morgan fingerprint density at radius 1 is 1.20 bits per heavy atom. The molecule has 0 aromatic heterocycles. The molecule has 0 aromatic carbocycles. The molecule has 0 spiro atoms. The smallest absolute Gasteiger partial charge is 0.338 e. The Kier molecular flexibility index (Phi) is 9.68. The lowest BCUT2D eigenvalue weighted by Gasteiger charge is -1.94. The monoisotopic (exact) mass is 235 g/mol. The van der Waals surface area contributed by atoms with Gasteiger partial charge in [-0.2, -0.15) is 0 Å². The second-order valence-corrected chi connectivity index (χ2v) is 5.30. The van der Waals surface area contributed by atoms with Crippen LogP contribution in [0.2, 0.25) is 0 Å². The zero-order valence-electron chi connectivity index (χ0n) is 8.95.